The van der Waals surface area contributed by atoms with E-state index in [1.807, 2.05) is 12.3 Å². The van der Waals surface area contributed by atoms with Gasteiger partial charge in [0.2, 0.25) is 5.91 Å². The van der Waals surface area contributed by atoms with Crippen LogP contribution in [0.25, 0.3) is 6.08 Å². The third kappa shape index (κ3) is 4.03. The van der Waals surface area contributed by atoms with Crippen molar-refractivity contribution >= 4 is 40.6 Å². The summed E-state index contributed by atoms with van der Waals surface area (Å²) in [4.78, 5) is 16.3. The van der Waals surface area contributed by atoms with E-state index in [1.54, 1.807) is 18.2 Å². The molecular formula is C16H15ClN2O3S. The van der Waals surface area contributed by atoms with E-state index in [-0.39, 0.29) is 5.91 Å². The van der Waals surface area contributed by atoms with Crippen LogP contribution in [-0.2, 0) is 4.79 Å². The molecule has 1 N–H and O–H groups in total. The van der Waals surface area contributed by atoms with Crippen molar-refractivity contribution in [2.75, 3.05) is 18.5 Å². The van der Waals surface area contributed by atoms with Gasteiger partial charge < -0.3 is 14.8 Å². The number of nitrogens with one attached hydrogen (secondary N) is 1. The zero-order chi connectivity index (χ0) is 16.2. The van der Waals surface area contributed by atoms with E-state index < -0.39 is 0 Å². The zero-order valence-electron chi connectivity index (χ0n) is 12.5. The Kier molecular flexibility index (Phi) is 4.83. The standard InChI is InChI=1S/C16H15ClN2O3S/c1-10-18-11(9-23-10)3-4-16(20)19-13-8-15-14(7-12(13)17)21-5-2-6-22-15/h3-4,7-9H,2,5-6H2,1H3,(H,19,20)/b4-3+. The highest BCUT2D eigenvalue weighted by molar-refractivity contribution is 7.09. The molecule has 2 heterocycles. The number of carbonyl (C=O) groups excluding carboxylic acids is 1. The van der Waals surface area contributed by atoms with Crippen LogP contribution in [0.2, 0.25) is 5.02 Å². The molecule has 0 radical (unpaired) electrons. The van der Waals surface area contributed by atoms with Crippen LogP contribution >= 0.6 is 22.9 Å². The number of ether oxygens (including phenoxy) is 2. The number of fused-ring (bicyclic) bond motifs is 1. The molecule has 0 saturated carbocycles. The molecule has 23 heavy (non-hydrogen) atoms. The van der Waals surface area contributed by atoms with Crippen molar-refractivity contribution in [2.24, 2.45) is 0 Å². The molecule has 5 nitrogen and oxygen atoms in total. The molecule has 1 aliphatic heterocycles. The summed E-state index contributed by atoms with van der Waals surface area (Å²) in [6.07, 6.45) is 3.90. The molecule has 120 valence electrons. The van der Waals surface area contributed by atoms with Crippen LogP contribution in [-0.4, -0.2) is 24.1 Å². The minimum atomic E-state index is -0.285. The number of amides is 1. The van der Waals surface area contributed by atoms with Crippen molar-refractivity contribution in [1.29, 1.82) is 0 Å². The van der Waals surface area contributed by atoms with E-state index in [0.717, 1.165) is 17.1 Å². The van der Waals surface area contributed by atoms with Crippen LogP contribution < -0.4 is 14.8 Å². The molecule has 0 saturated heterocycles. The van der Waals surface area contributed by atoms with Crippen LogP contribution in [0.4, 0.5) is 5.69 Å². The molecule has 3 rings (SSSR count). The fourth-order valence-corrected chi connectivity index (χ4v) is 2.85. The van der Waals surface area contributed by atoms with Gasteiger partial charge in [-0.15, -0.1) is 11.3 Å². The maximum Gasteiger partial charge on any atom is 0.248 e. The Morgan fingerprint density at radius 3 is 2.78 bits per heavy atom. The Morgan fingerprint density at radius 2 is 2.09 bits per heavy atom. The van der Waals surface area contributed by atoms with E-state index in [4.69, 9.17) is 21.1 Å². The quantitative estimate of drug-likeness (QED) is 0.852. The first kappa shape index (κ1) is 15.8. The molecule has 0 unspecified atom stereocenters. The summed E-state index contributed by atoms with van der Waals surface area (Å²) in [5.74, 6) is 0.896. The van der Waals surface area contributed by atoms with E-state index in [9.17, 15) is 4.79 Å². The smallest absolute Gasteiger partial charge is 0.248 e. The SMILES string of the molecule is Cc1nc(/C=C/C(=O)Nc2cc3c(cc2Cl)OCCCO3)cs1. The zero-order valence-corrected chi connectivity index (χ0v) is 14.0. The molecule has 0 fully saturated rings. The van der Waals surface area contributed by atoms with Gasteiger partial charge in [0.1, 0.15) is 0 Å². The molecular weight excluding hydrogens is 336 g/mol. The summed E-state index contributed by atoms with van der Waals surface area (Å²) in [6.45, 7) is 3.08. The van der Waals surface area contributed by atoms with Gasteiger partial charge in [0.05, 0.1) is 34.6 Å². The van der Waals surface area contributed by atoms with Crippen LogP contribution in [0.5, 0.6) is 11.5 Å². The van der Waals surface area contributed by atoms with Gasteiger partial charge in [0.15, 0.2) is 11.5 Å². The van der Waals surface area contributed by atoms with Gasteiger partial charge in [-0.25, -0.2) is 4.98 Å². The van der Waals surface area contributed by atoms with E-state index >= 15 is 0 Å². The average molecular weight is 351 g/mol. The minimum Gasteiger partial charge on any atom is -0.490 e. The number of carbonyl (C=O) groups is 1. The van der Waals surface area contributed by atoms with Crippen LogP contribution in [0, 0.1) is 6.92 Å². The normalized spacial score (nSPS) is 13.8. The number of benzene rings is 1. The summed E-state index contributed by atoms with van der Waals surface area (Å²) < 4.78 is 11.1. The number of anilines is 1. The molecule has 2 aromatic rings. The predicted molar refractivity (Wildman–Crippen MR) is 91.6 cm³/mol. The van der Waals surface area contributed by atoms with Gasteiger partial charge in [0, 0.05) is 30.0 Å². The Labute approximate surface area is 142 Å². The van der Waals surface area contributed by atoms with Gasteiger partial charge in [0.25, 0.3) is 0 Å². The summed E-state index contributed by atoms with van der Waals surface area (Å²) >= 11 is 7.73. The lowest BCUT2D eigenvalue weighted by Gasteiger charge is -2.11. The van der Waals surface area contributed by atoms with Crippen LogP contribution in [0.1, 0.15) is 17.1 Å². The molecule has 1 aromatic carbocycles. The summed E-state index contributed by atoms with van der Waals surface area (Å²) in [6, 6.07) is 3.34. The third-order valence-corrected chi connectivity index (χ3v) is 4.24. The molecule has 0 aliphatic carbocycles. The average Bonchev–Trinajstić information content (AvgIpc) is 2.80. The predicted octanol–water partition coefficient (Wildman–Crippen LogP) is 3.92. The lowest BCUT2D eigenvalue weighted by Crippen LogP contribution is -2.08. The van der Waals surface area contributed by atoms with Gasteiger partial charge in [-0.1, -0.05) is 11.6 Å². The van der Waals surface area contributed by atoms with Crippen molar-refractivity contribution in [1.82, 2.24) is 4.98 Å². The Hall–Kier alpha value is -2.05. The largest absolute Gasteiger partial charge is 0.490 e. The van der Waals surface area contributed by atoms with Gasteiger partial charge in [-0.2, -0.15) is 0 Å². The second kappa shape index (κ2) is 7.02. The van der Waals surface area contributed by atoms with Gasteiger partial charge in [-0.3, -0.25) is 4.79 Å². The molecule has 1 aromatic heterocycles. The number of thiazole rings is 1. The van der Waals surface area contributed by atoms with Crippen molar-refractivity contribution in [2.45, 2.75) is 13.3 Å². The monoisotopic (exact) mass is 350 g/mol. The first-order valence-electron chi connectivity index (χ1n) is 7.12. The number of aromatic nitrogens is 1. The van der Waals surface area contributed by atoms with E-state index in [0.29, 0.717) is 35.4 Å². The second-order valence-electron chi connectivity index (χ2n) is 4.94. The number of halogens is 1. The Balaban J connectivity index is 1.73. The highest BCUT2D eigenvalue weighted by Gasteiger charge is 2.15. The third-order valence-electron chi connectivity index (χ3n) is 3.14. The molecule has 1 amide bonds. The minimum absolute atomic E-state index is 0.285. The summed E-state index contributed by atoms with van der Waals surface area (Å²) in [5.41, 5.74) is 1.24. The van der Waals surface area contributed by atoms with E-state index in [2.05, 4.69) is 10.3 Å². The topological polar surface area (TPSA) is 60.5 Å². The first-order chi connectivity index (χ1) is 11.1. The van der Waals surface area contributed by atoms with Gasteiger partial charge >= 0.3 is 0 Å². The number of hydrogen-bond donors (Lipinski definition) is 1. The van der Waals surface area contributed by atoms with E-state index in [1.165, 1.54) is 17.4 Å². The molecule has 0 spiro atoms. The van der Waals surface area contributed by atoms with Crippen LogP contribution in [0.3, 0.4) is 0 Å². The molecule has 0 bridgehead atoms. The van der Waals surface area contributed by atoms with Crippen LogP contribution in [0.15, 0.2) is 23.6 Å². The highest BCUT2D eigenvalue weighted by atomic mass is 35.5. The number of aryl methyl sites for hydroxylation is 1. The highest BCUT2D eigenvalue weighted by Crippen LogP contribution is 2.37. The maximum absolute atomic E-state index is 12.0. The lowest BCUT2D eigenvalue weighted by atomic mass is 10.2. The molecule has 0 atom stereocenters. The van der Waals surface area contributed by atoms with Crippen molar-refractivity contribution < 1.29 is 14.3 Å². The number of nitrogens with zero attached hydrogens (tertiary/aromatic N) is 1. The summed E-state index contributed by atoms with van der Waals surface area (Å²) in [5, 5.41) is 5.99. The first-order valence-corrected chi connectivity index (χ1v) is 8.38. The molecule has 1 aliphatic rings. The molecule has 7 heteroatoms. The maximum atomic E-state index is 12.0. The Morgan fingerprint density at radius 1 is 1.35 bits per heavy atom. The van der Waals surface area contributed by atoms with Gasteiger partial charge in [-0.05, 0) is 13.0 Å². The lowest BCUT2D eigenvalue weighted by molar-refractivity contribution is -0.111. The van der Waals surface area contributed by atoms with Crippen molar-refractivity contribution in [3.63, 3.8) is 0 Å². The Bertz CT molecular complexity index is 758. The summed E-state index contributed by atoms with van der Waals surface area (Å²) in [7, 11) is 0. The fraction of sp³-hybridized carbons (Fsp3) is 0.250. The number of rotatable bonds is 3. The van der Waals surface area contributed by atoms with Crippen molar-refractivity contribution in [3.05, 3.63) is 39.3 Å². The fourth-order valence-electron chi connectivity index (χ4n) is 2.07. The second-order valence-corrected chi connectivity index (χ2v) is 6.41. The number of hydrogen-bond acceptors (Lipinski definition) is 5. The van der Waals surface area contributed by atoms with Crippen molar-refractivity contribution in [3.8, 4) is 11.5 Å².